The Labute approximate surface area is 140 Å². The first kappa shape index (κ1) is 16.7. The van der Waals surface area contributed by atoms with Crippen molar-refractivity contribution < 1.29 is 23.8 Å². The van der Waals surface area contributed by atoms with E-state index >= 15 is 0 Å². The molecule has 24 heavy (non-hydrogen) atoms. The van der Waals surface area contributed by atoms with Crippen LogP contribution in [0.3, 0.4) is 0 Å². The molecule has 3 rings (SSSR count). The van der Waals surface area contributed by atoms with Gasteiger partial charge in [-0.2, -0.15) is 0 Å². The second kappa shape index (κ2) is 7.20. The molecule has 0 aromatic heterocycles. The van der Waals surface area contributed by atoms with E-state index in [1.165, 1.54) is 12.1 Å². The van der Waals surface area contributed by atoms with Crippen LogP contribution in [0.5, 0.6) is 5.75 Å². The Hall–Kier alpha value is -2.11. The highest BCUT2D eigenvalue weighted by Gasteiger charge is 2.31. The molecular formula is C18H22FNO4. The lowest BCUT2D eigenvalue weighted by Gasteiger charge is -2.27. The third-order valence-corrected chi connectivity index (χ3v) is 5.01. The molecule has 1 aromatic rings. The van der Waals surface area contributed by atoms with Crippen molar-refractivity contribution in [3.8, 4) is 5.75 Å². The van der Waals surface area contributed by atoms with Gasteiger partial charge in [-0.05, 0) is 44.6 Å². The minimum absolute atomic E-state index is 0.0407. The maximum absolute atomic E-state index is 13.4. The van der Waals surface area contributed by atoms with Crippen LogP contribution in [0.15, 0.2) is 18.2 Å². The van der Waals surface area contributed by atoms with Crippen LogP contribution in [0.4, 0.5) is 4.39 Å². The highest BCUT2D eigenvalue weighted by Crippen LogP contribution is 2.34. The number of carboxylic acids is 1. The van der Waals surface area contributed by atoms with Crippen molar-refractivity contribution in [2.24, 2.45) is 11.8 Å². The summed E-state index contributed by atoms with van der Waals surface area (Å²) in [6, 6.07) is 4.22. The number of amides is 1. The number of carbonyl (C=O) groups excluding carboxylic acids is 1. The zero-order valence-corrected chi connectivity index (χ0v) is 13.5. The molecule has 2 aliphatic rings. The number of benzene rings is 1. The number of ether oxygens (including phenoxy) is 1. The second-order valence-electron chi connectivity index (χ2n) is 6.62. The van der Waals surface area contributed by atoms with Gasteiger partial charge in [-0.15, -0.1) is 0 Å². The molecule has 1 aliphatic carbocycles. The van der Waals surface area contributed by atoms with Gasteiger partial charge >= 0.3 is 5.97 Å². The summed E-state index contributed by atoms with van der Waals surface area (Å²) < 4.78 is 19.0. The molecule has 6 heteroatoms. The average Bonchev–Trinajstić information content (AvgIpc) is 2.76. The minimum atomic E-state index is -0.772. The molecule has 1 unspecified atom stereocenters. The molecule has 1 aromatic carbocycles. The van der Waals surface area contributed by atoms with Crippen molar-refractivity contribution in [1.29, 1.82) is 0 Å². The lowest BCUT2D eigenvalue weighted by Crippen LogP contribution is -2.36. The predicted octanol–water partition coefficient (Wildman–Crippen LogP) is 3.05. The number of hydrogen-bond donors (Lipinski definition) is 2. The molecular weight excluding hydrogens is 313 g/mol. The van der Waals surface area contributed by atoms with Crippen molar-refractivity contribution in [3.63, 3.8) is 0 Å². The maximum atomic E-state index is 13.4. The topological polar surface area (TPSA) is 75.6 Å². The Morgan fingerprint density at radius 2 is 1.83 bits per heavy atom. The summed E-state index contributed by atoms with van der Waals surface area (Å²) in [5, 5.41) is 12.1. The normalized spacial score (nSPS) is 26.6. The molecule has 5 nitrogen and oxygen atoms in total. The van der Waals surface area contributed by atoms with E-state index in [0.717, 1.165) is 18.4 Å². The van der Waals surface area contributed by atoms with Crippen molar-refractivity contribution in [3.05, 3.63) is 29.6 Å². The Morgan fingerprint density at radius 3 is 2.54 bits per heavy atom. The summed E-state index contributed by atoms with van der Waals surface area (Å²) >= 11 is 0. The fraction of sp³-hybridized carbons (Fsp3) is 0.556. The third-order valence-electron chi connectivity index (χ3n) is 5.01. The number of aliphatic carboxylic acids is 1. The van der Waals surface area contributed by atoms with Gasteiger partial charge < -0.3 is 15.2 Å². The molecule has 1 amide bonds. The van der Waals surface area contributed by atoms with Gasteiger partial charge in [0.1, 0.15) is 11.6 Å². The summed E-state index contributed by atoms with van der Waals surface area (Å²) in [6.45, 7) is 0.506. The van der Waals surface area contributed by atoms with E-state index in [1.807, 2.05) is 0 Å². The van der Waals surface area contributed by atoms with E-state index in [4.69, 9.17) is 9.84 Å². The molecule has 1 atom stereocenters. The van der Waals surface area contributed by atoms with Gasteiger partial charge in [0.2, 0.25) is 5.91 Å². The molecule has 0 saturated heterocycles. The summed E-state index contributed by atoms with van der Waals surface area (Å²) in [4.78, 5) is 23.6. The van der Waals surface area contributed by atoms with E-state index < -0.39 is 5.97 Å². The molecule has 0 bridgehead atoms. The van der Waals surface area contributed by atoms with Crippen molar-refractivity contribution in [2.75, 3.05) is 6.61 Å². The van der Waals surface area contributed by atoms with Crippen LogP contribution >= 0.6 is 0 Å². The molecule has 0 radical (unpaired) electrons. The maximum Gasteiger partial charge on any atom is 0.306 e. The quantitative estimate of drug-likeness (QED) is 0.890. The average molecular weight is 335 g/mol. The summed E-state index contributed by atoms with van der Waals surface area (Å²) in [6.07, 6.45) is 3.82. The number of hydrogen-bond acceptors (Lipinski definition) is 3. The third kappa shape index (κ3) is 3.68. The summed E-state index contributed by atoms with van der Waals surface area (Å²) in [5.74, 6) is -1.15. The SMILES string of the molecule is O=C(O)C1CCC(C(=O)NC2CCCOc3cc(F)ccc32)CC1. The number of nitrogens with one attached hydrogen (secondary N) is 1. The van der Waals surface area contributed by atoms with Gasteiger partial charge in [-0.25, -0.2) is 4.39 Å². The van der Waals surface area contributed by atoms with Gasteiger partial charge in [-0.1, -0.05) is 6.07 Å². The van der Waals surface area contributed by atoms with E-state index in [0.29, 0.717) is 38.0 Å². The molecule has 1 aliphatic heterocycles. The van der Waals surface area contributed by atoms with Crippen LogP contribution in [0.1, 0.15) is 50.1 Å². The fourth-order valence-electron chi connectivity index (χ4n) is 3.59. The second-order valence-corrected chi connectivity index (χ2v) is 6.62. The highest BCUT2D eigenvalue weighted by molar-refractivity contribution is 5.80. The van der Waals surface area contributed by atoms with Gasteiger partial charge in [0.05, 0.1) is 18.6 Å². The van der Waals surface area contributed by atoms with E-state index in [1.54, 1.807) is 6.07 Å². The predicted molar refractivity (Wildman–Crippen MR) is 85.1 cm³/mol. The Kier molecular flexibility index (Phi) is 5.02. The van der Waals surface area contributed by atoms with Crippen molar-refractivity contribution >= 4 is 11.9 Å². The van der Waals surface area contributed by atoms with Crippen molar-refractivity contribution in [1.82, 2.24) is 5.32 Å². The number of carboxylic acid groups (broad SMARTS) is 1. The van der Waals surface area contributed by atoms with Crippen LogP contribution < -0.4 is 10.1 Å². The number of carbonyl (C=O) groups is 2. The van der Waals surface area contributed by atoms with Gasteiger partial charge in [0, 0.05) is 17.5 Å². The molecule has 1 saturated carbocycles. The van der Waals surface area contributed by atoms with E-state index in [9.17, 15) is 14.0 Å². The van der Waals surface area contributed by atoms with Gasteiger partial charge in [0.15, 0.2) is 0 Å². The summed E-state index contributed by atoms with van der Waals surface area (Å²) in [5.41, 5.74) is 0.807. The Bertz CT molecular complexity index is 625. The van der Waals surface area contributed by atoms with Crippen LogP contribution in [0, 0.1) is 17.7 Å². The first-order valence-corrected chi connectivity index (χ1v) is 8.50. The first-order valence-electron chi connectivity index (χ1n) is 8.50. The van der Waals surface area contributed by atoms with E-state index in [-0.39, 0.29) is 29.6 Å². The lowest BCUT2D eigenvalue weighted by atomic mass is 9.81. The molecule has 1 fully saturated rings. The zero-order chi connectivity index (χ0) is 17.1. The monoisotopic (exact) mass is 335 g/mol. The van der Waals surface area contributed by atoms with Gasteiger partial charge in [-0.3, -0.25) is 9.59 Å². The van der Waals surface area contributed by atoms with E-state index in [2.05, 4.69) is 5.32 Å². The largest absolute Gasteiger partial charge is 0.493 e. The molecule has 0 spiro atoms. The lowest BCUT2D eigenvalue weighted by molar-refractivity contribution is -0.144. The first-order chi connectivity index (χ1) is 11.5. The molecule has 1 heterocycles. The van der Waals surface area contributed by atoms with Crippen LogP contribution in [-0.4, -0.2) is 23.6 Å². The van der Waals surface area contributed by atoms with Crippen LogP contribution in [0.2, 0.25) is 0 Å². The summed E-state index contributed by atoms with van der Waals surface area (Å²) in [7, 11) is 0. The number of rotatable bonds is 3. The number of fused-ring (bicyclic) bond motifs is 1. The molecule has 2 N–H and O–H groups in total. The van der Waals surface area contributed by atoms with Gasteiger partial charge in [0.25, 0.3) is 0 Å². The fourth-order valence-corrected chi connectivity index (χ4v) is 3.59. The van der Waals surface area contributed by atoms with Crippen LogP contribution in [-0.2, 0) is 9.59 Å². The smallest absolute Gasteiger partial charge is 0.306 e. The zero-order valence-electron chi connectivity index (χ0n) is 13.5. The Balaban J connectivity index is 1.66. The standard InChI is InChI=1S/C18H22FNO4/c19-13-7-8-14-15(2-1-9-24-16(14)10-13)20-17(21)11-3-5-12(6-4-11)18(22)23/h7-8,10-12,15H,1-6,9H2,(H,20,21)(H,22,23). The minimum Gasteiger partial charge on any atom is -0.493 e. The van der Waals surface area contributed by atoms with Crippen molar-refractivity contribution in [2.45, 2.75) is 44.6 Å². The number of halogens is 1. The highest BCUT2D eigenvalue weighted by atomic mass is 19.1. The van der Waals surface area contributed by atoms with Crippen LogP contribution in [0.25, 0.3) is 0 Å². The Morgan fingerprint density at radius 1 is 1.12 bits per heavy atom. The molecule has 130 valence electrons.